The lowest BCUT2D eigenvalue weighted by molar-refractivity contribution is 0.414. The van der Waals surface area contributed by atoms with Gasteiger partial charge in [0.05, 0.1) is 5.69 Å². The Bertz CT molecular complexity index is 490. The van der Waals surface area contributed by atoms with Crippen molar-refractivity contribution in [1.29, 1.82) is 0 Å². The van der Waals surface area contributed by atoms with Crippen LogP contribution in [0.1, 0.15) is 43.4 Å². The summed E-state index contributed by atoms with van der Waals surface area (Å²) < 4.78 is 1.91. The van der Waals surface area contributed by atoms with Crippen LogP contribution in [-0.2, 0) is 20.0 Å². The predicted octanol–water partition coefficient (Wildman–Crippen LogP) is 1.68. The average molecular weight is 293 g/mol. The highest BCUT2D eigenvalue weighted by Crippen LogP contribution is 2.22. The van der Waals surface area contributed by atoms with Gasteiger partial charge in [0.15, 0.2) is 5.11 Å². The van der Waals surface area contributed by atoms with Gasteiger partial charge in [-0.05, 0) is 25.1 Å². The van der Waals surface area contributed by atoms with Crippen LogP contribution in [0.25, 0.3) is 0 Å². The van der Waals surface area contributed by atoms with Gasteiger partial charge in [0, 0.05) is 38.2 Å². The third-order valence-electron chi connectivity index (χ3n) is 4.24. The number of rotatable bonds is 2. The maximum absolute atomic E-state index is 5.46. The molecule has 3 N–H and O–H groups in total. The number of hydrogen-bond donors (Lipinski definition) is 3. The lowest BCUT2D eigenvalue weighted by Crippen LogP contribution is -2.39. The summed E-state index contributed by atoms with van der Waals surface area (Å²) in [6, 6.07) is 0.533. The lowest BCUT2D eigenvalue weighted by atomic mass is 9.96. The molecule has 0 unspecified atom stereocenters. The molecule has 1 aromatic rings. The molecule has 5 nitrogen and oxygen atoms in total. The van der Waals surface area contributed by atoms with Crippen molar-refractivity contribution < 1.29 is 0 Å². The Morgan fingerprint density at radius 3 is 2.95 bits per heavy atom. The number of fused-ring (bicyclic) bond motifs is 1. The van der Waals surface area contributed by atoms with Gasteiger partial charge in [-0.2, -0.15) is 5.10 Å². The van der Waals surface area contributed by atoms with Crippen LogP contribution in [0, 0.1) is 0 Å². The molecule has 0 amide bonds. The molecule has 0 atom stereocenters. The third kappa shape index (κ3) is 2.96. The zero-order valence-corrected chi connectivity index (χ0v) is 12.9. The maximum atomic E-state index is 5.46. The highest BCUT2D eigenvalue weighted by Gasteiger charge is 2.20. The molecule has 0 radical (unpaired) electrons. The van der Waals surface area contributed by atoms with E-state index >= 15 is 0 Å². The minimum Gasteiger partial charge on any atom is -0.360 e. The van der Waals surface area contributed by atoms with E-state index in [0.717, 1.165) is 30.4 Å². The molecule has 20 heavy (non-hydrogen) atoms. The molecular formula is C14H23N5S. The van der Waals surface area contributed by atoms with Crippen LogP contribution >= 0.6 is 12.2 Å². The quantitative estimate of drug-likeness (QED) is 0.725. The van der Waals surface area contributed by atoms with E-state index in [0.29, 0.717) is 6.04 Å². The van der Waals surface area contributed by atoms with E-state index in [2.05, 4.69) is 21.0 Å². The number of nitrogens with zero attached hydrogens (tertiary/aromatic N) is 2. The van der Waals surface area contributed by atoms with Gasteiger partial charge in [-0.3, -0.25) is 4.68 Å². The van der Waals surface area contributed by atoms with Crippen LogP contribution in [0.3, 0.4) is 0 Å². The van der Waals surface area contributed by atoms with Crippen LogP contribution in [0.15, 0.2) is 0 Å². The Morgan fingerprint density at radius 2 is 2.15 bits per heavy atom. The highest BCUT2D eigenvalue weighted by molar-refractivity contribution is 7.80. The Morgan fingerprint density at radius 1 is 1.35 bits per heavy atom. The van der Waals surface area contributed by atoms with E-state index in [1.807, 2.05) is 11.7 Å². The number of hydrogen-bond acceptors (Lipinski definition) is 3. The molecule has 1 aromatic heterocycles. The van der Waals surface area contributed by atoms with Crippen molar-refractivity contribution in [2.45, 2.75) is 51.1 Å². The van der Waals surface area contributed by atoms with E-state index in [1.54, 1.807) is 0 Å². The van der Waals surface area contributed by atoms with Gasteiger partial charge < -0.3 is 16.0 Å². The number of nitrogens with one attached hydrogen (secondary N) is 3. The molecule has 0 bridgehead atoms. The monoisotopic (exact) mass is 293 g/mol. The zero-order chi connectivity index (χ0) is 13.9. The number of aryl methyl sites for hydroxylation is 1. The molecule has 1 aliphatic heterocycles. The summed E-state index contributed by atoms with van der Waals surface area (Å²) in [6.45, 7) is 1.88. The summed E-state index contributed by atoms with van der Waals surface area (Å²) in [7, 11) is 1.98. The van der Waals surface area contributed by atoms with Gasteiger partial charge in [-0.1, -0.05) is 19.3 Å². The molecular weight excluding hydrogens is 270 g/mol. The summed E-state index contributed by atoms with van der Waals surface area (Å²) in [5.41, 5.74) is 2.45. The van der Waals surface area contributed by atoms with Gasteiger partial charge in [-0.25, -0.2) is 0 Å². The van der Waals surface area contributed by atoms with E-state index in [-0.39, 0.29) is 0 Å². The van der Waals surface area contributed by atoms with E-state index in [9.17, 15) is 0 Å². The van der Waals surface area contributed by atoms with E-state index in [4.69, 9.17) is 12.2 Å². The van der Waals surface area contributed by atoms with Crippen molar-refractivity contribution in [3.63, 3.8) is 0 Å². The topological polar surface area (TPSA) is 53.9 Å². The van der Waals surface area contributed by atoms with Crippen molar-refractivity contribution >= 4 is 23.1 Å². The molecule has 110 valence electrons. The molecule has 3 rings (SSSR count). The molecule has 0 spiro atoms. The van der Waals surface area contributed by atoms with Gasteiger partial charge >= 0.3 is 0 Å². The smallest absolute Gasteiger partial charge is 0.172 e. The summed E-state index contributed by atoms with van der Waals surface area (Å²) >= 11 is 5.46. The minimum atomic E-state index is 0.533. The van der Waals surface area contributed by atoms with Crippen LogP contribution in [0.5, 0.6) is 0 Å². The van der Waals surface area contributed by atoms with Gasteiger partial charge in [0.25, 0.3) is 0 Å². The third-order valence-corrected chi connectivity index (χ3v) is 4.46. The Balaban J connectivity index is 1.65. The van der Waals surface area contributed by atoms with Crippen LogP contribution < -0.4 is 16.0 Å². The second kappa shape index (κ2) is 6.10. The van der Waals surface area contributed by atoms with Crippen molar-refractivity contribution in [3.8, 4) is 0 Å². The largest absolute Gasteiger partial charge is 0.360 e. The van der Waals surface area contributed by atoms with E-state index in [1.165, 1.54) is 43.4 Å². The first-order chi connectivity index (χ1) is 9.74. The predicted molar refractivity (Wildman–Crippen MR) is 84.8 cm³/mol. The van der Waals surface area contributed by atoms with Gasteiger partial charge in [-0.15, -0.1) is 0 Å². The molecule has 1 aliphatic carbocycles. The molecule has 1 fully saturated rings. The van der Waals surface area contributed by atoms with Crippen molar-refractivity contribution in [1.82, 2.24) is 20.4 Å². The fourth-order valence-electron chi connectivity index (χ4n) is 3.16. The first kappa shape index (κ1) is 13.8. The lowest BCUT2D eigenvalue weighted by Gasteiger charge is -2.24. The number of aromatic nitrogens is 2. The van der Waals surface area contributed by atoms with Crippen LogP contribution in [0.4, 0.5) is 5.82 Å². The molecule has 6 heteroatoms. The standard InChI is InChI=1S/C14H23N5S/c1-19-13(11-9-15-8-7-12(11)18-19)17-14(20)16-10-5-3-2-4-6-10/h10,15H,2-9H2,1H3,(H2,16,17,20). The maximum Gasteiger partial charge on any atom is 0.172 e. The average Bonchev–Trinajstić information content (AvgIpc) is 2.76. The van der Waals surface area contributed by atoms with Crippen molar-refractivity contribution in [2.75, 3.05) is 11.9 Å². The number of anilines is 1. The second-order valence-corrected chi connectivity index (χ2v) is 6.17. The first-order valence-corrected chi connectivity index (χ1v) is 7.98. The van der Waals surface area contributed by atoms with Crippen molar-refractivity contribution in [3.05, 3.63) is 11.3 Å². The minimum absolute atomic E-state index is 0.533. The normalized spacial score (nSPS) is 19.4. The van der Waals surface area contributed by atoms with Crippen LogP contribution in [0.2, 0.25) is 0 Å². The second-order valence-electron chi connectivity index (χ2n) is 5.76. The van der Waals surface area contributed by atoms with E-state index < -0.39 is 0 Å². The van der Waals surface area contributed by atoms with Crippen molar-refractivity contribution in [2.24, 2.45) is 7.05 Å². The van der Waals surface area contributed by atoms with Gasteiger partial charge in [0.1, 0.15) is 5.82 Å². The summed E-state index contributed by atoms with van der Waals surface area (Å²) in [6.07, 6.45) is 7.43. The molecule has 0 saturated heterocycles. The zero-order valence-electron chi connectivity index (χ0n) is 12.0. The highest BCUT2D eigenvalue weighted by atomic mass is 32.1. The number of thiocarbonyl (C=S) groups is 1. The Labute approximate surface area is 125 Å². The molecule has 2 aliphatic rings. The Hall–Kier alpha value is -1.14. The molecule has 1 saturated carbocycles. The summed E-state index contributed by atoms with van der Waals surface area (Å²) in [5.74, 6) is 1.03. The van der Waals surface area contributed by atoms with Gasteiger partial charge in [0.2, 0.25) is 0 Å². The first-order valence-electron chi connectivity index (χ1n) is 7.57. The summed E-state index contributed by atoms with van der Waals surface area (Å²) in [4.78, 5) is 0. The fourth-order valence-corrected chi connectivity index (χ4v) is 3.43. The fraction of sp³-hybridized carbons (Fsp3) is 0.714. The Kier molecular flexibility index (Phi) is 4.21. The molecule has 2 heterocycles. The SMILES string of the molecule is Cn1nc2c(c1NC(=S)NC1CCCCC1)CNCC2. The van der Waals surface area contributed by atoms with Crippen LogP contribution in [-0.4, -0.2) is 27.5 Å². The summed E-state index contributed by atoms with van der Waals surface area (Å²) in [5, 5.41) is 15.5. The molecule has 0 aromatic carbocycles.